The van der Waals surface area contributed by atoms with Crippen molar-refractivity contribution in [1.29, 1.82) is 0 Å². The number of hydrogen-bond acceptors (Lipinski definition) is 4. The van der Waals surface area contributed by atoms with Gasteiger partial charge in [0.1, 0.15) is 0 Å². The molecule has 0 spiro atoms. The molecule has 0 aromatic carbocycles. The Morgan fingerprint density at radius 1 is 0.139 bits per heavy atom. The van der Waals surface area contributed by atoms with Crippen LogP contribution in [0.15, 0.2) is 0 Å². The molecule has 0 radical (unpaired) electrons. The van der Waals surface area contributed by atoms with E-state index in [9.17, 15) is 0 Å². The van der Waals surface area contributed by atoms with Crippen LogP contribution in [0, 0.1) is 0 Å². The Morgan fingerprint density at radius 3 is 0.347 bits per heavy atom. The molecule has 0 bridgehead atoms. The average molecular weight is 1010 g/mol. The van der Waals surface area contributed by atoms with Gasteiger partial charge < -0.3 is 0 Å². The first-order chi connectivity index (χ1) is 35.7. The van der Waals surface area contributed by atoms with Gasteiger partial charge in [-0.1, -0.05) is 362 Å². The number of hydrogen-bond donors (Lipinski definition) is 0. The summed E-state index contributed by atoms with van der Waals surface area (Å²) in [5, 5.41) is 0. The first kappa shape index (κ1) is 69.9. The highest BCUT2D eigenvalue weighted by atomic mass is 15.5. The van der Waals surface area contributed by atoms with Crippen molar-refractivity contribution in [1.82, 2.24) is 19.6 Å². The largest absolute Gasteiger partial charge is 0.277 e. The summed E-state index contributed by atoms with van der Waals surface area (Å²) in [7, 11) is 0. The highest BCUT2D eigenvalue weighted by molar-refractivity contribution is 4.71. The number of nitrogens with zero attached hydrogens (tertiary/aromatic N) is 4. The minimum atomic E-state index is 1.18. The maximum absolute atomic E-state index is 2.90. The van der Waals surface area contributed by atoms with Gasteiger partial charge in [0.25, 0.3) is 0 Å². The van der Waals surface area contributed by atoms with Crippen LogP contribution in [0.3, 0.4) is 0 Å². The minimum absolute atomic E-state index is 1.18. The zero-order valence-corrected chi connectivity index (χ0v) is 51.0. The van der Waals surface area contributed by atoms with Crippen molar-refractivity contribution in [3.63, 3.8) is 0 Å². The van der Waals surface area contributed by atoms with E-state index in [-0.39, 0.29) is 0 Å². The van der Waals surface area contributed by atoms with E-state index in [1.54, 1.807) is 0 Å². The summed E-state index contributed by atoms with van der Waals surface area (Å²) >= 11 is 0. The molecule has 0 amide bonds. The lowest BCUT2D eigenvalue weighted by atomic mass is 10.0. The molecule has 0 saturated carbocycles. The SMILES string of the molecule is CCCCCCCCCCCCCCCCN1CN(CCCCCCCCCCCCCCCC)CN(CCCCCCCCCCCCCCCC)CN(CCCCCCCCCCCCCCCC)C1. The van der Waals surface area contributed by atoms with Crippen LogP contribution in [0.5, 0.6) is 0 Å². The lowest BCUT2D eigenvalue weighted by molar-refractivity contribution is -0.0312. The Labute approximate surface area is 457 Å². The summed E-state index contributed by atoms with van der Waals surface area (Å²) in [6, 6.07) is 0. The molecule has 0 atom stereocenters. The van der Waals surface area contributed by atoms with Crippen LogP contribution >= 0.6 is 0 Å². The molecule has 1 saturated heterocycles. The molecule has 1 fully saturated rings. The zero-order chi connectivity index (χ0) is 51.6. The maximum Gasteiger partial charge on any atom is 0.0529 e. The van der Waals surface area contributed by atoms with E-state index in [2.05, 4.69) is 47.3 Å². The van der Waals surface area contributed by atoms with Crippen molar-refractivity contribution < 1.29 is 0 Å². The van der Waals surface area contributed by atoms with Gasteiger partial charge in [0, 0.05) is 26.2 Å². The third-order valence-electron chi connectivity index (χ3n) is 16.9. The van der Waals surface area contributed by atoms with Crippen molar-refractivity contribution in [2.75, 3.05) is 52.9 Å². The quantitative estimate of drug-likeness (QED) is 0.0563. The fourth-order valence-corrected chi connectivity index (χ4v) is 12.0. The third kappa shape index (κ3) is 51.9. The Kier molecular flexibility index (Phi) is 58.3. The molecule has 1 aliphatic rings. The molecule has 1 rings (SSSR count). The van der Waals surface area contributed by atoms with Gasteiger partial charge >= 0.3 is 0 Å². The van der Waals surface area contributed by atoms with Crippen molar-refractivity contribution in [2.45, 2.75) is 387 Å². The fraction of sp³-hybridized carbons (Fsp3) is 1.00. The summed E-state index contributed by atoms with van der Waals surface area (Å²) in [4.78, 5) is 11.6. The van der Waals surface area contributed by atoms with Crippen LogP contribution in [0.2, 0.25) is 0 Å². The first-order valence-corrected chi connectivity index (χ1v) is 34.6. The Bertz CT molecular complexity index is 812. The molecule has 4 heteroatoms. The third-order valence-corrected chi connectivity index (χ3v) is 16.9. The van der Waals surface area contributed by atoms with Crippen LogP contribution in [-0.2, 0) is 0 Å². The van der Waals surface area contributed by atoms with Crippen LogP contribution in [-0.4, -0.2) is 72.5 Å². The number of unbranched alkanes of at least 4 members (excludes halogenated alkanes) is 52. The molecule has 1 aliphatic heterocycles. The smallest absolute Gasteiger partial charge is 0.0529 e. The molecule has 0 unspecified atom stereocenters. The molecule has 0 aromatic rings. The molecule has 432 valence electrons. The minimum Gasteiger partial charge on any atom is -0.277 e. The first-order valence-electron chi connectivity index (χ1n) is 34.6. The van der Waals surface area contributed by atoms with Crippen LogP contribution < -0.4 is 0 Å². The van der Waals surface area contributed by atoms with E-state index in [1.807, 2.05) is 0 Å². The summed E-state index contributed by atoms with van der Waals surface area (Å²) in [5.74, 6) is 0. The highest BCUT2D eigenvalue weighted by Crippen LogP contribution is 2.20. The number of rotatable bonds is 60. The standard InChI is InChI=1S/C68H140N4/c1-5-9-13-17-21-25-29-33-37-41-45-49-53-57-61-69-65-70(62-58-54-50-46-42-38-34-30-26-22-18-14-10-6-2)67-72(64-60-56-52-48-44-40-36-32-28-24-20-16-12-8-4)68-71(66-69)63-59-55-51-47-43-39-35-31-27-23-19-15-11-7-3/h5-68H2,1-4H3. The fourth-order valence-electron chi connectivity index (χ4n) is 12.0. The zero-order valence-electron chi connectivity index (χ0n) is 51.0. The van der Waals surface area contributed by atoms with Crippen molar-refractivity contribution in [2.24, 2.45) is 0 Å². The lowest BCUT2D eigenvalue weighted by Gasteiger charge is -2.42. The lowest BCUT2D eigenvalue weighted by Crippen LogP contribution is -2.55. The summed E-state index contributed by atoms with van der Waals surface area (Å²) in [6.45, 7) is 19.2. The molecule has 0 aromatic heterocycles. The molecule has 0 aliphatic carbocycles. The second-order valence-electron chi connectivity index (χ2n) is 24.5. The monoisotopic (exact) mass is 1010 g/mol. The highest BCUT2D eigenvalue weighted by Gasteiger charge is 2.23. The Morgan fingerprint density at radius 2 is 0.236 bits per heavy atom. The van der Waals surface area contributed by atoms with Gasteiger partial charge in [0.2, 0.25) is 0 Å². The normalized spacial score (nSPS) is 14.5. The van der Waals surface area contributed by atoms with Crippen molar-refractivity contribution in [3.8, 4) is 0 Å². The summed E-state index contributed by atoms with van der Waals surface area (Å²) in [5.41, 5.74) is 0. The van der Waals surface area contributed by atoms with E-state index in [0.29, 0.717) is 0 Å². The van der Waals surface area contributed by atoms with Crippen molar-refractivity contribution >= 4 is 0 Å². The van der Waals surface area contributed by atoms with E-state index in [4.69, 9.17) is 0 Å². The molecule has 72 heavy (non-hydrogen) atoms. The van der Waals surface area contributed by atoms with Crippen LogP contribution in [0.4, 0.5) is 0 Å². The van der Waals surface area contributed by atoms with Gasteiger partial charge in [0.15, 0.2) is 0 Å². The van der Waals surface area contributed by atoms with Gasteiger partial charge in [-0.3, -0.25) is 19.6 Å². The average Bonchev–Trinajstić information content (AvgIpc) is 3.38. The van der Waals surface area contributed by atoms with E-state index < -0.39 is 0 Å². The van der Waals surface area contributed by atoms with Gasteiger partial charge in [-0.25, -0.2) is 0 Å². The topological polar surface area (TPSA) is 13.0 Å². The van der Waals surface area contributed by atoms with Crippen LogP contribution in [0.25, 0.3) is 0 Å². The second-order valence-corrected chi connectivity index (χ2v) is 24.5. The molecular weight excluding hydrogens is 873 g/mol. The van der Waals surface area contributed by atoms with E-state index in [0.717, 1.165) is 0 Å². The summed E-state index contributed by atoms with van der Waals surface area (Å²) in [6.07, 6.45) is 81.2. The molecule has 0 N–H and O–H groups in total. The van der Waals surface area contributed by atoms with Gasteiger partial charge in [-0.15, -0.1) is 0 Å². The van der Waals surface area contributed by atoms with Gasteiger partial charge in [-0.05, 0) is 25.7 Å². The predicted molar refractivity (Wildman–Crippen MR) is 328 cm³/mol. The van der Waals surface area contributed by atoms with Crippen molar-refractivity contribution in [3.05, 3.63) is 0 Å². The van der Waals surface area contributed by atoms with Crippen LogP contribution in [0.1, 0.15) is 387 Å². The van der Waals surface area contributed by atoms with Gasteiger partial charge in [-0.2, -0.15) is 0 Å². The van der Waals surface area contributed by atoms with E-state index >= 15 is 0 Å². The maximum atomic E-state index is 2.90. The Hall–Kier alpha value is -0.160. The Balaban J connectivity index is 2.66. The molecule has 4 nitrogen and oxygen atoms in total. The van der Waals surface area contributed by atoms with Gasteiger partial charge in [0.05, 0.1) is 26.7 Å². The van der Waals surface area contributed by atoms with E-state index in [1.165, 1.54) is 412 Å². The predicted octanol–water partition coefficient (Wildman–Crippen LogP) is 23.0. The molecular formula is C68H140N4. The summed E-state index contributed by atoms with van der Waals surface area (Å²) < 4.78 is 0. The molecule has 1 heterocycles. The second kappa shape index (κ2) is 60.1.